The molecule has 0 spiro atoms. The summed E-state index contributed by atoms with van der Waals surface area (Å²) < 4.78 is 31.8. The Morgan fingerprint density at radius 3 is 2.25 bits per heavy atom. The molecule has 28 heavy (non-hydrogen) atoms. The molecule has 2 rings (SSSR count). The molecular weight excluding hydrogens is 427 g/mol. The Bertz CT molecular complexity index is 931. The maximum Gasteiger partial charge on any atom is 0.307 e. The number of amides is 1. The highest BCUT2D eigenvalue weighted by atomic mass is 35.5. The molecule has 0 radical (unpaired) electrons. The largest absolute Gasteiger partial charge is 0.452 e. The van der Waals surface area contributed by atoms with Crippen LogP contribution in [0.5, 0.6) is 0 Å². The molecule has 150 valence electrons. The number of benzene rings is 2. The highest BCUT2D eigenvalue weighted by Crippen LogP contribution is 2.28. The topological polar surface area (TPSA) is 102 Å². The number of anilines is 1. The van der Waals surface area contributed by atoms with Gasteiger partial charge in [0.05, 0.1) is 16.5 Å². The molecule has 0 fully saturated rings. The molecular formula is C18H18Cl2N2O5S. The molecule has 0 saturated carbocycles. The van der Waals surface area contributed by atoms with Crippen LogP contribution in [0, 0.1) is 0 Å². The fourth-order valence-electron chi connectivity index (χ4n) is 2.17. The van der Waals surface area contributed by atoms with Gasteiger partial charge < -0.3 is 10.1 Å². The maximum absolute atomic E-state index is 12.3. The molecule has 0 aliphatic carbocycles. The van der Waals surface area contributed by atoms with Gasteiger partial charge in [-0.25, -0.2) is 13.1 Å². The van der Waals surface area contributed by atoms with Gasteiger partial charge in [0.2, 0.25) is 10.0 Å². The van der Waals surface area contributed by atoms with E-state index in [1.165, 1.54) is 25.1 Å². The number of carbonyl (C=O) groups is 2. The second-order valence-corrected chi connectivity index (χ2v) is 8.20. The summed E-state index contributed by atoms with van der Waals surface area (Å²) in [4.78, 5) is 23.6. The number of hydrogen-bond donors (Lipinski definition) is 2. The van der Waals surface area contributed by atoms with E-state index in [0.29, 0.717) is 5.69 Å². The number of ether oxygens (including phenoxy) is 1. The number of halogens is 2. The SMILES string of the molecule is CC(OC(=O)CCNS(=O)(=O)c1c(Cl)cccc1Cl)C(=O)Nc1ccccc1. The van der Waals surface area contributed by atoms with Gasteiger partial charge in [-0.3, -0.25) is 9.59 Å². The van der Waals surface area contributed by atoms with Crippen LogP contribution in [0.15, 0.2) is 53.4 Å². The summed E-state index contributed by atoms with van der Waals surface area (Å²) in [7, 11) is -4.00. The highest BCUT2D eigenvalue weighted by Gasteiger charge is 2.22. The van der Waals surface area contributed by atoms with Gasteiger partial charge in [-0.15, -0.1) is 0 Å². The van der Waals surface area contributed by atoms with E-state index in [1.54, 1.807) is 30.3 Å². The first-order valence-corrected chi connectivity index (χ1v) is 10.4. The lowest BCUT2D eigenvalue weighted by atomic mass is 10.3. The van der Waals surface area contributed by atoms with Crippen LogP contribution in [0.25, 0.3) is 0 Å². The Morgan fingerprint density at radius 2 is 1.64 bits per heavy atom. The summed E-state index contributed by atoms with van der Waals surface area (Å²) in [5.41, 5.74) is 0.569. The molecule has 2 aromatic rings. The van der Waals surface area contributed by atoms with E-state index in [9.17, 15) is 18.0 Å². The first-order chi connectivity index (χ1) is 13.2. The first kappa shape index (κ1) is 22.2. The van der Waals surface area contributed by atoms with Gasteiger partial charge in [0, 0.05) is 12.2 Å². The minimum absolute atomic E-state index is 0.0335. The Morgan fingerprint density at radius 1 is 1.04 bits per heavy atom. The molecule has 10 heteroatoms. The predicted molar refractivity (Wildman–Crippen MR) is 107 cm³/mol. The van der Waals surface area contributed by atoms with Crippen molar-refractivity contribution in [3.05, 3.63) is 58.6 Å². The van der Waals surface area contributed by atoms with Gasteiger partial charge >= 0.3 is 5.97 Å². The number of sulfonamides is 1. The lowest BCUT2D eigenvalue weighted by Gasteiger charge is -2.14. The van der Waals surface area contributed by atoms with E-state index in [1.807, 2.05) is 0 Å². The third-order valence-corrected chi connectivity index (χ3v) is 5.94. The second-order valence-electron chi connectivity index (χ2n) is 5.69. The maximum atomic E-state index is 12.3. The molecule has 7 nitrogen and oxygen atoms in total. The van der Waals surface area contributed by atoms with Crippen molar-refractivity contribution in [1.29, 1.82) is 0 Å². The van der Waals surface area contributed by atoms with Crippen molar-refractivity contribution >= 4 is 50.8 Å². The summed E-state index contributed by atoms with van der Waals surface area (Å²) in [5, 5.41) is 2.54. The molecule has 1 atom stereocenters. The Labute approximate surface area is 173 Å². The van der Waals surface area contributed by atoms with Crippen molar-refractivity contribution < 1.29 is 22.7 Å². The fraction of sp³-hybridized carbons (Fsp3) is 0.222. The smallest absolute Gasteiger partial charge is 0.307 e. The zero-order chi connectivity index (χ0) is 20.7. The van der Waals surface area contributed by atoms with Crippen LogP contribution in [0.2, 0.25) is 10.0 Å². The summed E-state index contributed by atoms with van der Waals surface area (Å²) in [5.74, 6) is -1.23. The zero-order valence-electron chi connectivity index (χ0n) is 14.8. The first-order valence-electron chi connectivity index (χ1n) is 8.20. The minimum atomic E-state index is -4.00. The average Bonchev–Trinajstić information content (AvgIpc) is 2.61. The molecule has 2 aromatic carbocycles. The molecule has 2 N–H and O–H groups in total. The highest BCUT2D eigenvalue weighted by molar-refractivity contribution is 7.89. The Hall–Kier alpha value is -2.13. The van der Waals surface area contributed by atoms with Crippen molar-refractivity contribution in [3.8, 4) is 0 Å². The van der Waals surface area contributed by atoms with E-state index in [2.05, 4.69) is 10.0 Å². The van der Waals surface area contributed by atoms with E-state index < -0.39 is 28.0 Å². The molecule has 0 heterocycles. The quantitative estimate of drug-likeness (QED) is 0.608. The van der Waals surface area contributed by atoms with Crippen molar-refractivity contribution in [1.82, 2.24) is 4.72 Å². The summed E-state index contributed by atoms with van der Waals surface area (Å²) in [6.45, 7) is 1.18. The van der Waals surface area contributed by atoms with E-state index >= 15 is 0 Å². The molecule has 1 unspecified atom stereocenters. The monoisotopic (exact) mass is 444 g/mol. The molecule has 0 saturated heterocycles. The van der Waals surface area contributed by atoms with Crippen LogP contribution < -0.4 is 10.0 Å². The minimum Gasteiger partial charge on any atom is -0.452 e. The van der Waals surface area contributed by atoms with E-state index in [0.717, 1.165) is 0 Å². The zero-order valence-corrected chi connectivity index (χ0v) is 17.1. The van der Waals surface area contributed by atoms with Gasteiger partial charge in [-0.05, 0) is 31.2 Å². The van der Waals surface area contributed by atoms with Crippen LogP contribution in [0.4, 0.5) is 5.69 Å². The van der Waals surface area contributed by atoms with Crippen LogP contribution >= 0.6 is 23.2 Å². The predicted octanol–water partition coefficient (Wildman–Crippen LogP) is 3.23. The average molecular weight is 445 g/mol. The van der Waals surface area contributed by atoms with Crippen LogP contribution in [-0.2, 0) is 24.3 Å². The normalized spacial score (nSPS) is 12.2. The Kier molecular flexibility index (Phi) is 7.82. The van der Waals surface area contributed by atoms with Crippen molar-refractivity contribution in [2.45, 2.75) is 24.3 Å². The number of esters is 1. The van der Waals surface area contributed by atoms with Crippen molar-refractivity contribution in [3.63, 3.8) is 0 Å². The molecule has 0 bridgehead atoms. The number of para-hydroxylation sites is 1. The molecule has 1 amide bonds. The van der Waals surface area contributed by atoms with E-state index in [-0.39, 0.29) is 27.9 Å². The van der Waals surface area contributed by atoms with Crippen molar-refractivity contribution in [2.24, 2.45) is 0 Å². The van der Waals surface area contributed by atoms with Gasteiger partial charge in [0.1, 0.15) is 4.90 Å². The summed E-state index contributed by atoms with van der Waals surface area (Å²) in [6, 6.07) is 13.0. The van der Waals surface area contributed by atoms with Gasteiger partial charge in [0.15, 0.2) is 6.10 Å². The lowest BCUT2D eigenvalue weighted by molar-refractivity contribution is -0.152. The van der Waals surface area contributed by atoms with Crippen LogP contribution in [-0.4, -0.2) is 32.9 Å². The third-order valence-electron chi connectivity index (χ3n) is 3.53. The third kappa shape index (κ3) is 6.20. The standard InChI is InChI=1S/C18H18Cl2N2O5S/c1-12(18(24)22-13-6-3-2-4-7-13)27-16(23)10-11-21-28(25,26)17-14(19)8-5-9-15(17)20/h2-9,12,21H,10-11H2,1H3,(H,22,24). The molecule has 0 aliphatic heterocycles. The number of carbonyl (C=O) groups excluding carboxylic acids is 2. The lowest BCUT2D eigenvalue weighted by Crippen LogP contribution is -2.32. The van der Waals surface area contributed by atoms with Gasteiger partial charge in [0.25, 0.3) is 5.91 Å². The summed E-state index contributed by atoms with van der Waals surface area (Å²) >= 11 is 11.8. The van der Waals surface area contributed by atoms with Gasteiger partial charge in [-0.1, -0.05) is 47.5 Å². The molecule has 0 aliphatic rings. The van der Waals surface area contributed by atoms with Crippen LogP contribution in [0.1, 0.15) is 13.3 Å². The molecule has 0 aromatic heterocycles. The fourth-order valence-corrected chi connectivity index (χ4v) is 4.35. The van der Waals surface area contributed by atoms with Crippen molar-refractivity contribution in [2.75, 3.05) is 11.9 Å². The van der Waals surface area contributed by atoms with Gasteiger partial charge in [-0.2, -0.15) is 0 Å². The second kappa shape index (κ2) is 9.88. The summed E-state index contributed by atoms with van der Waals surface area (Å²) in [6.07, 6.45) is -1.31. The number of nitrogens with one attached hydrogen (secondary N) is 2. The van der Waals surface area contributed by atoms with E-state index in [4.69, 9.17) is 27.9 Å². The van der Waals surface area contributed by atoms with Crippen LogP contribution in [0.3, 0.4) is 0 Å². The number of rotatable bonds is 8. The Balaban J connectivity index is 1.84. The number of hydrogen-bond acceptors (Lipinski definition) is 5.